The molecule has 0 saturated carbocycles. The van der Waals surface area contributed by atoms with Crippen LogP contribution in [0.5, 0.6) is 0 Å². The van der Waals surface area contributed by atoms with Gasteiger partial charge in [0.1, 0.15) is 0 Å². The van der Waals surface area contributed by atoms with Gasteiger partial charge in [-0.1, -0.05) is 24.3 Å². The quantitative estimate of drug-likeness (QED) is 0.867. The number of ether oxygens (including phenoxy) is 1. The number of rotatable bonds is 6. The van der Waals surface area contributed by atoms with Crippen molar-refractivity contribution in [1.82, 2.24) is 4.90 Å². The molecule has 2 unspecified atom stereocenters. The van der Waals surface area contributed by atoms with Crippen molar-refractivity contribution >= 4 is 5.97 Å². The predicted molar refractivity (Wildman–Crippen MR) is 77.8 cm³/mol. The summed E-state index contributed by atoms with van der Waals surface area (Å²) in [4.78, 5) is 13.4. The van der Waals surface area contributed by atoms with Crippen LogP contribution in [0.4, 0.5) is 0 Å². The van der Waals surface area contributed by atoms with E-state index >= 15 is 0 Å². The maximum atomic E-state index is 10.9. The number of likely N-dealkylation sites (tertiary alicyclic amines) is 1. The van der Waals surface area contributed by atoms with Crippen LogP contribution in [-0.2, 0) is 16.1 Å². The summed E-state index contributed by atoms with van der Waals surface area (Å²) in [7, 11) is 1.75. The molecule has 1 heterocycles. The van der Waals surface area contributed by atoms with E-state index in [0.717, 1.165) is 31.8 Å². The summed E-state index contributed by atoms with van der Waals surface area (Å²) >= 11 is 0. The lowest BCUT2D eigenvalue weighted by Crippen LogP contribution is -2.21. The van der Waals surface area contributed by atoms with Crippen molar-refractivity contribution in [3.05, 3.63) is 35.4 Å². The van der Waals surface area contributed by atoms with E-state index in [0.29, 0.717) is 5.92 Å². The number of aliphatic carboxylic acids is 1. The highest BCUT2D eigenvalue weighted by atomic mass is 16.5. The van der Waals surface area contributed by atoms with Crippen LogP contribution in [0, 0.1) is 5.92 Å². The topological polar surface area (TPSA) is 49.8 Å². The first-order valence-corrected chi connectivity index (χ1v) is 7.13. The maximum Gasteiger partial charge on any atom is 0.310 e. The zero-order valence-corrected chi connectivity index (χ0v) is 12.2. The lowest BCUT2D eigenvalue weighted by Gasteiger charge is -2.16. The first kappa shape index (κ1) is 15.0. The van der Waals surface area contributed by atoms with Crippen LogP contribution in [0.25, 0.3) is 0 Å². The highest BCUT2D eigenvalue weighted by molar-refractivity contribution is 5.75. The molecule has 1 N–H and O–H groups in total. The highest BCUT2D eigenvalue weighted by Crippen LogP contribution is 2.20. The summed E-state index contributed by atoms with van der Waals surface area (Å²) in [6, 6.07) is 7.94. The largest absolute Gasteiger partial charge is 0.481 e. The number of benzene rings is 1. The monoisotopic (exact) mass is 277 g/mol. The van der Waals surface area contributed by atoms with Gasteiger partial charge in [-0.2, -0.15) is 0 Å². The SMILES string of the molecule is COCC1CCN(Cc2ccc(C(C)C(=O)O)cc2)C1. The van der Waals surface area contributed by atoms with E-state index in [1.165, 1.54) is 12.0 Å². The van der Waals surface area contributed by atoms with Gasteiger partial charge < -0.3 is 9.84 Å². The third-order valence-electron chi connectivity index (χ3n) is 4.03. The van der Waals surface area contributed by atoms with E-state index in [1.54, 1.807) is 14.0 Å². The van der Waals surface area contributed by atoms with Crippen molar-refractivity contribution in [1.29, 1.82) is 0 Å². The number of carboxylic acids is 1. The summed E-state index contributed by atoms with van der Waals surface area (Å²) in [5.74, 6) is -0.576. The van der Waals surface area contributed by atoms with E-state index in [-0.39, 0.29) is 0 Å². The lowest BCUT2D eigenvalue weighted by atomic mass is 10.00. The zero-order valence-electron chi connectivity index (χ0n) is 12.2. The van der Waals surface area contributed by atoms with Gasteiger partial charge in [0, 0.05) is 20.2 Å². The summed E-state index contributed by atoms with van der Waals surface area (Å²) in [6.07, 6.45) is 1.20. The Bertz CT molecular complexity index is 444. The van der Waals surface area contributed by atoms with Crippen LogP contribution in [0.2, 0.25) is 0 Å². The van der Waals surface area contributed by atoms with Crippen molar-refractivity contribution in [2.24, 2.45) is 5.92 Å². The minimum atomic E-state index is -0.778. The molecule has 1 aliphatic heterocycles. The first-order chi connectivity index (χ1) is 9.60. The molecular weight excluding hydrogens is 254 g/mol. The molecule has 2 rings (SSSR count). The molecule has 1 aliphatic rings. The Labute approximate surface area is 120 Å². The van der Waals surface area contributed by atoms with Gasteiger partial charge in [0.25, 0.3) is 0 Å². The molecule has 1 saturated heterocycles. The van der Waals surface area contributed by atoms with Gasteiger partial charge in [-0.25, -0.2) is 0 Å². The van der Waals surface area contributed by atoms with E-state index in [9.17, 15) is 4.79 Å². The Kier molecular flexibility index (Phi) is 5.15. The summed E-state index contributed by atoms with van der Waals surface area (Å²) in [5.41, 5.74) is 2.10. The average Bonchev–Trinajstić information content (AvgIpc) is 2.86. The van der Waals surface area contributed by atoms with Gasteiger partial charge in [0.05, 0.1) is 12.5 Å². The molecule has 110 valence electrons. The molecule has 2 atom stereocenters. The van der Waals surface area contributed by atoms with E-state index in [1.807, 2.05) is 24.3 Å². The van der Waals surface area contributed by atoms with Gasteiger partial charge in [-0.05, 0) is 36.9 Å². The summed E-state index contributed by atoms with van der Waals surface area (Å²) < 4.78 is 5.21. The second kappa shape index (κ2) is 6.86. The molecule has 4 nitrogen and oxygen atoms in total. The van der Waals surface area contributed by atoms with Crippen LogP contribution in [0.1, 0.15) is 30.4 Å². The molecule has 1 fully saturated rings. The molecule has 1 aromatic carbocycles. The zero-order chi connectivity index (χ0) is 14.5. The fourth-order valence-corrected chi connectivity index (χ4v) is 2.74. The van der Waals surface area contributed by atoms with Crippen molar-refractivity contribution < 1.29 is 14.6 Å². The number of carbonyl (C=O) groups is 1. The fraction of sp³-hybridized carbons (Fsp3) is 0.562. The van der Waals surface area contributed by atoms with Crippen LogP contribution < -0.4 is 0 Å². The second-order valence-corrected chi connectivity index (χ2v) is 5.65. The number of hydrogen-bond donors (Lipinski definition) is 1. The molecule has 0 aliphatic carbocycles. The van der Waals surface area contributed by atoms with E-state index < -0.39 is 11.9 Å². The lowest BCUT2D eigenvalue weighted by molar-refractivity contribution is -0.138. The molecular formula is C16H23NO3. The maximum absolute atomic E-state index is 10.9. The number of carboxylic acid groups (broad SMARTS) is 1. The second-order valence-electron chi connectivity index (χ2n) is 5.65. The summed E-state index contributed by atoms with van der Waals surface area (Å²) in [6.45, 7) is 5.68. The summed E-state index contributed by atoms with van der Waals surface area (Å²) in [5, 5.41) is 8.99. The molecule has 20 heavy (non-hydrogen) atoms. The molecule has 0 spiro atoms. The molecule has 0 amide bonds. The van der Waals surface area contributed by atoms with Crippen molar-refractivity contribution in [3.8, 4) is 0 Å². The van der Waals surface area contributed by atoms with Gasteiger partial charge in [0.2, 0.25) is 0 Å². The minimum absolute atomic E-state index is 0.443. The van der Waals surface area contributed by atoms with Crippen LogP contribution in [0.15, 0.2) is 24.3 Å². The number of hydrogen-bond acceptors (Lipinski definition) is 3. The Balaban J connectivity index is 1.90. The fourth-order valence-electron chi connectivity index (χ4n) is 2.74. The predicted octanol–water partition coefficient (Wildman–Crippen LogP) is 2.34. The minimum Gasteiger partial charge on any atom is -0.481 e. The standard InChI is InChI=1S/C16H23NO3/c1-12(16(18)19)15-5-3-13(4-6-15)9-17-8-7-14(10-17)11-20-2/h3-6,12,14H,7-11H2,1-2H3,(H,18,19). The average molecular weight is 277 g/mol. The Morgan fingerprint density at radius 2 is 2.15 bits per heavy atom. The van der Waals surface area contributed by atoms with E-state index in [2.05, 4.69) is 4.90 Å². The third-order valence-corrected chi connectivity index (χ3v) is 4.03. The van der Waals surface area contributed by atoms with Gasteiger partial charge in [-0.15, -0.1) is 0 Å². The van der Waals surface area contributed by atoms with Crippen molar-refractivity contribution in [3.63, 3.8) is 0 Å². The smallest absolute Gasteiger partial charge is 0.310 e. The van der Waals surface area contributed by atoms with Crippen molar-refractivity contribution in [2.75, 3.05) is 26.8 Å². The first-order valence-electron chi connectivity index (χ1n) is 7.13. The van der Waals surface area contributed by atoms with Crippen LogP contribution >= 0.6 is 0 Å². The van der Waals surface area contributed by atoms with Crippen LogP contribution in [0.3, 0.4) is 0 Å². The third kappa shape index (κ3) is 3.81. The number of nitrogens with zero attached hydrogens (tertiary/aromatic N) is 1. The van der Waals surface area contributed by atoms with Gasteiger partial charge in [0.15, 0.2) is 0 Å². The normalized spacial score (nSPS) is 21.0. The highest BCUT2D eigenvalue weighted by Gasteiger charge is 2.22. The molecule has 4 heteroatoms. The Hall–Kier alpha value is -1.39. The van der Waals surface area contributed by atoms with Gasteiger partial charge in [-0.3, -0.25) is 9.69 Å². The Morgan fingerprint density at radius 1 is 1.45 bits per heavy atom. The van der Waals surface area contributed by atoms with Crippen molar-refractivity contribution in [2.45, 2.75) is 25.8 Å². The van der Waals surface area contributed by atoms with E-state index in [4.69, 9.17) is 9.84 Å². The molecule has 0 bridgehead atoms. The number of methoxy groups -OCH3 is 1. The van der Waals surface area contributed by atoms with Crippen LogP contribution in [-0.4, -0.2) is 42.8 Å². The Morgan fingerprint density at radius 3 is 2.75 bits per heavy atom. The molecule has 1 aromatic rings. The molecule has 0 radical (unpaired) electrons. The van der Waals surface area contributed by atoms with Gasteiger partial charge >= 0.3 is 5.97 Å². The molecule has 0 aromatic heterocycles.